The van der Waals surface area contributed by atoms with Gasteiger partial charge in [0.05, 0.1) is 0 Å². The fourth-order valence-electron chi connectivity index (χ4n) is 2.48. The predicted octanol–water partition coefficient (Wildman–Crippen LogP) is 2.64. The van der Waals surface area contributed by atoms with Gasteiger partial charge < -0.3 is 15.2 Å². The van der Waals surface area contributed by atoms with Crippen LogP contribution in [0.25, 0.3) is 0 Å². The molecule has 2 atom stereocenters. The van der Waals surface area contributed by atoms with Gasteiger partial charge in [-0.25, -0.2) is 0 Å². The Morgan fingerprint density at radius 3 is 3.11 bits per heavy atom. The lowest BCUT2D eigenvalue weighted by atomic mass is 10.0. The molecule has 1 heterocycles. The summed E-state index contributed by atoms with van der Waals surface area (Å²) in [5.41, 5.74) is 1.20. The van der Waals surface area contributed by atoms with E-state index in [1.165, 1.54) is 5.56 Å². The van der Waals surface area contributed by atoms with Crippen LogP contribution < -0.4 is 10.1 Å². The van der Waals surface area contributed by atoms with Gasteiger partial charge in [0.2, 0.25) is 0 Å². The van der Waals surface area contributed by atoms with E-state index in [1.54, 1.807) is 0 Å². The number of hydrogen-bond donors (Lipinski definition) is 2. The van der Waals surface area contributed by atoms with Crippen LogP contribution in [0.4, 0.5) is 0 Å². The predicted molar refractivity (Wildman–Crippen MR) is 77.9 cm³/mol. The van der Waals surface area contributed by atoms with Crippen LogP contribution in [0.5, 0.6) is 5.75 Å². The van der Waals surface area contributed by atoms with Crippen molar-refractivity contribution in [3.8, 4) is 5.75 Å². The minimum atomic E-state index is 0.195. The highest BCUT2D eigenvalue weighted by Gasteiger charge is 2.22. The molecule has 1 aromatic carbocycles. The molecule has 0 amide bonds. The summed E-state index contributed by atoms with van der Waals surface area (Å²) in [6.45, 7) is 4.21. The van der Waals surface area contributed by atoms with Crippen molar-refractivity contribution in [2.24, 2.45) is 5.92 Å². The molecule has 0 fully saturated rings. The van der Waals surface area contributed by atoms with E-state index < -0.39 is 0 Å². The molecule has 1 aliphatic rings. The van der Waals surface area contributed by atoms with Crippen molar-refractivity contribution in [1.29, 1.82) is 0 Å². The van der Waals surface area contributed by atoms with Gasteiger partial charge in [0, 0.05) is 24.6 Å². The van der Waals surface area contributed by atoms with Crippen LogP contribution in [0.1, 0.15) is 25.3 Å². The van der Waals surface area contributed by atoms with Crippen molar-refractivity contribution >= 4 is 11.6 Å². The number of halogens is 1. The Balaban J connectivity index is 1.75. The summed E-state index contributed by atoms with van der Waals surface area (Å²) in [6, 6.07) is 5.79. The summed E-state index contributed by atoms with van der Waals surface area (Å²) >= 11 is 5.98. The van der Waals surface area contributed by atoms with E-state index in [4.69, 9.17) is 21.4 Å². The highest BCUT2D eigenvalue weighted by Crippen LogP contribution is 2.30. The van der Waals surface area contributed by atoms with Crippen molar-refractivity contribution < 1.29 is 9.84 Å². The van der Waals surface area contributed by atoms with Crippen LogP contribution >= 0.6 is 11.6 Å². The second-order valence-electron chi connectivity index (χ2n) is 5.14. The van der Waals surface area contributed by atoms with Gasteiger partial charge in [-0.3, -0.25) is 0 Å². The summed E-state index contributed by atoms with van der Waals surface area (Å²) in [5.74, 6) is 1.50. The first-order chi connectivity index (χ1) is 9.22. The van der Waals surface area contributed by atoms with Gasteiger partial charge in [-0.1, -0.05) is 24.9 Å². The summed E-state index contributed by atoms with van der Waals surface area (Å²) in [6.07, 6.45) is 3.07. The fourth-order valence-corrected chi connectivity index (χ4v) is 2.68. The van der Waals surface area contributed by atoms with E-state index in [-0.39, 0.29) is 12.7 Å². The molecule has 2 N–H and O–H groups in total. The summed E-state index contributed by atoms with van der Waals surface area (Å²) in [4.78, 5) is 0. The zero-order valence-corrected chi connectivity index (χ0v) is 12.1. The number of aliphatic hydroxyl groups excluding tert-OH is 1. The Hall–Kier alpha value is -0.770. The normalized spacial score (nSPS) is 19.0. The highest BCUT2D eigenvalue weighted by atomic mass is 35.5. The van der Waals surface area contributed by atoms with Gasteiger partial charge in [-0.2, -0.15) is 0 Å². The van der Waals surface area contributed by atoms with Crippen molar-refractivity contribution in [3.63, 3.8) is 0 Å². The molecular weight excluding hydrogens is 262 g/mol. The van der Waals surface area contributed by atoms with Crippen LogP contribution in [0.2, 0.25) is 5.02 Å². The van der Waals surface area contributed by atoms with Gasteiger partial charge in [-0.15, -0.1) is 0 Å². The Morgan fingerprint density at radius 2 is 2.37 bits per heavy atom. The monoisotopic (exact) mass is 283 g/mol. The average molecular weight is 284 g/mol. The van der Waals surface area contributed by atoms with E-state index in [2.05, 4.69) is 12.2 Å². The van der Waals surface area contributed by atoms with E-state index in [0.29, 0.717) is 5.92 Å². The molecule has 0 radical (unpaired) electrons. The lowest BCUT2D eigenvalue weighted by Crippen LogP contribution is -2.33. The van der Waals surface area contributed by atoms with E-state index in [1.807, 2.05) is 18.2 Å². The molecule has 2 unspecified atom stereocenters. The molecule has 0 bridgehead atoms. The molecule has 0 spiro atoms. The van der Waals surface area contributed by atoms with Gasteiger partial charge in [0.1, 0.15) is 11.9 Å². The molecule has 4 heteroatoms. The third kappa shape index (κ3) is 4.10. The first kappa shape index (κ1) is 14.6. The Kier molecular flexibility index (Phi) is 5.49. The molecule has 3 nitrogen and oxygen atoms in total. The molecule has 0 saturated carbocycles. The Labute approximate surface area is 119 Å². The zero-order valence-electron chi connectivity index (χ0n) is 11.4. The van der Waals surface area contributed by atoms with Crippen LogP contribution in [-0.2, 0) is 6.42 Å². The molecule has 0 saturated heterocycles. The number of aliphatic hydroxyl groups is 1. The van der Waals surface area contributed by atoms with Crippen molar-refractivity contribution in [1.82, 2.24) is 5.32 Å². The highest BCUT2D eigenvalue weighted by molar-refractivity contribution is 6.30. The van der Waals surface area contributed by atoms with Gasteiger partial charge in [0.15, 0.2) is 0 Å². The quantitative estimate of drug-likeness (QED) is 0.808. The fraction of sp³-hybridized carbons (Fsp3) is 0.600. The SMILES string of the molecule is CCC(CCO)CNCC1Cc2cc(Cl)ccc2O1. The number of ether oxygens (including phenoxy) is 1. The summed E-state index contributed by atoms with van der Waals surface area (Å²) in [7, 11) is 0. The van der Waals surface area contributed by atoms with Crippen LogP contribution in [-0.4, -0.2) is 30.9 Å². The number of rotatable bonds is 7. The van der Waals surface area contributed by atoms with E-state index >= 15 is 0 Å². The first-order valence-electron chi connectivity index (χ1n) is 6.99. The van der Waals surface area contributed by atoms with Crippen LogP contribution in [0.3, 0.4) is 0 Å². The number of nitrogens with one attached hydrogen (secondary N) is 1. The molecular formula is C15H22ClNO2. The van der Waals surface area contributed by atoms with Crippen LogP contribution in [0.15, 0.2) is 18.2 Å². The van der Waals surface area contributed by atoms with Crippen molar-refractivity contribution in [2.45, 2.75) is 32.3 Å². The topological polar surface area (TPSA) is 41.5 Å². The molecule has 19 heavy (non-hydrogen) atoms. The van der Waals surface area contributed by atoms with Gasteiger partial charge in [-0.05, 0) is 42.6 Å². The average Bonchev–Trinajstić information content (AvgIpc) is 2.79. The maximum Gasteiger partial charge on any atom is 0.123 e. The molecule has 1 aromatic rings. The molecule has 0 aliphatic carbocycles. The summed E-state index contributed by atoms with van der Waals surface area (Å²) < 4.78 is 5.87. The lowest BCUT2D eigenvalue weighted by molar-refractivity contribution is 0.217. The molecule has 1 aliphatic heterocycles. The van der Waals surface area contributed by atoms with Crippen LogP contribution in [0, 0.1) is 5.92 Å². The number of fused-ring (bicyclic) bond motifs is 1. The molecule has 0 aromatic heterocycles. The number of benzene rings is 1. The molecule has 106 valence electrons. The van der Waals surface area contributed by atoms with E-state index in [0.717, 1.165) is 43.1 Å². The lowest BCUT2D eigenvalue weighted by Gasteiger charge is -2.16. The smallest absolute Gasteiger partial charge is 0.123 e. The largest absolute Gasteiger partial charge is 0.488 e. The second-order valence-corrected chi connectivity index (χ2v) is 5.58. The Morgan fingerprint density at radius 1 is 1.53 bits per heavy atom. The third-order valence-corrected chi connectivity index (χ3v) is 3.92. The second kappa shape index (κ2) is 7.13. The third-order valence-electron chi connectivity index (χ3n) is 3.68. The van der Waals surface area contributed by atoms with Crippen molar-refractivity contribution in [3.05, 3.63) is 28.8 Å². The van der Waals surface area contributed by atoms with E-state index in [9.17, 15) is 0 Å². The molecule has 2 rings (SSSR count). The van der Waals surface area contributed by atoms with Crippen molar-refractivity contribution in [2.75, 3.05) is 19.7 Å². The minimum absolute atomic E-state index is 0.195. The standard InChI is InChI=1S/C15H22ClNO2/c1-2-11(5-6-18)9-17-10-14-8-12-7-13(16)3-4-15(12)19-14/h3-4,7,11,14,17-18H,2,5-6,8-10H2,1H3. The minimum Gasteiger partial charge on any atom is -0.488 e. The van der Waals surface area contributed by atoms with Gasteiger partial charge in [0.25, 0.3) is 0 Å². The maximum atomic E-state index is 8.96. The summed E-state index contributed by atoms with van der Waals surface area (Å²) in [5, 5.41) is 13.2. The Bertz CT molecular complexity index is 411. The maximum absolute atomic E-state index is 8.96. The number of hydrogen-bond acceptors (Lipinski definition) is 3. The first-order valence-corrected chi connectivity index (χ1v) is 7.37. The van der Waals surface area contributed by atoms with Gasteiger partial charge >= 0.3 is 0 Å². The zero-order chi connectivity index (χ0) is 13.7.